The van der Waals surface area contributed by atoms with E-state index in [2.05, 4.69) is 5.32 Å². The first kappa shape index (κ1) is 18.7. The molecule has 0 aliphatic heterocycles. The molecule has 1 amide bonds. The largest absolute Gasteiger partial charge is 0.490 e. The Morgan fingerprint density at radius 2 is 1.84 bits per heavy atom. The summed E-state index contributed by atoms with van der Waals surface area (Å²) >= 11 is 1.38. The first-order chi connectivity index (χ1) is 12.1. The first-order valence-corrected chi connectivity index (χ1v) is 8.92. The van der Waals surface area contributed by atoms with E-state index in [0.29, 0.717) is 30.3 Å². The Labute approximate surface area is 149 Å². The SMILES string of the molecule is CCCOc1cc(NC(=O)c2ccsc2)c([N+](=O)[O-])cc1OCCC. The Morgan fingerprint density at radius 3 is 2.36 bits per heavy atom. The number of benzene rings is 1. The average molecular weight is 364 g/mol. The van der Waals surface area contributed by atoms with Crippen molar-refractivity contribution in [3.05, 3.63) is 44.6 Å². The van der Waals surface area contributed by atoms with Gasteiger partial charge in [-0.15, -0.1) is 0 Å². The summed E-state index contributed by atoms with van der Waals surface area (Å²) in [6.45, 7) is 4.76. The molecular formula is C17H20N2O5S. The number of nitrogens with zero attached hydrogens (tertiary/aromatic N) is 1. The van der Waals surface area contributed by atoms with Gasteiger partial charge in [-0.1, -0.05) is 13.8 Å². The van der Waals surface area contributed by atoms with Crippen LogP contribution >= 0.6 is 11.3 Å². The number of anilines is 1. The van der Waals surface area contributed by atoms with Gasteiger partial charge in [0.05, 0.1) is 29.8 Å². The maximum Gasteiger partial charge on any atom is 0.296 e. The molecule has 134 valence electrons. The molecule has 0 fully saturated rings. The summed E-state index contributed by atoms with van der Waals surface area (Å²) in [5.74, 6) is 0.269. The van der Waals surface area contributed by atoms with Crippen molar-refractivity contribution in [1.29, 1.82) is 0 Å². The molecule has 1 aromatic heterocycles. The third-order valence-corrected chi connectivity index (χ3v) is 3.90. The van der Waals surface area contributed by atoms with Gasteiger partial charge in [0, 0.05) is 11.4 Å². The number of amides is 1. The van der Waals surface area contributed by atoms with E-state index >= 15 is 0 Å². The van der Waals surface area contributed by atoms with Crippen LogP contribution in [0.5, 0.6) is 11.5 Å². The number of nitro benzene ring substituents is 1. The molecule has 0 spiro atoms. The maximum atomic E-state index is 12.2. The van der Waals surface area contributed by atoms with Gasteiger partial charge in [0.25, 0.3) is 11.6 Å². The van der Waals surface area contributed by atoms with Gasteiger partial charge in [-0.2, -0.15) is 11.3 Å². The molecule has 0 atom stereocenters. The Hall–Kier alpha value is -2.61. The number of nitro groups is 1. The fraction of sp³-hybridized carbons (Fsp3) is 0.353. The van der Waals surface area contributed by atoms with Crippen molar-refractivity contribution in [1.82, 2.24) is 0 Å². The second-order valence-corrected chi connectivity index (χ2v) is 6.02. The van der Waals surface area contributed by atoms with Gasteiger partial charge in [0.15, 0.2) is 11.5 Å². The summed E-state index contributed by atoms with van der Waals surface area (Å²) in [7, 11) is 0. The molecule has 8 heteroatoms. The van der Waals surface area contributed by atoms with Gasteiger partial charge in [-0.3, -0.25) is 14.9 Å². The van der Waals surface area contributed by atoms with Crippen LogP contribution in [0, 0.1) is 10.1 Å². The summed E-state index contributed by atoms with van der Waals surface area (Å²) < 4.78 is 11.2. The van der Waals surface area contributed by atoms with Crippen LogP contribution in [0.15, 0.2) is 29.0 Å². The lowest BCUT2D eigenvalue weighted by atomic mass is 10.2. The van der Waals surface area contributed by atoms with E-state index < -0.39 is 10.8 Å². The lowest BCUT2D eigenvalue weighted by molar-refractivity contribution is -0.384. The number of carbonyl (C=O) groups excluding carboxylic acids is 1. The number of thiophene rings is 1. The molecular weight excluding hydrogens is 344 g/mol. The highest BCUT2D eigenvalue weighted by atomic mass is 32.1. The molecule has 2 rings (SSSR count). The molecule has 0 aliphatic carbocycles. The molecule has 0 saturated carbocycles. The van der Waals surface area contributed by atoms with Crippen molar-refractivity contribution in [2.45, 2.75) is 26.7 Å². The van der Waals surface area contributed by atoms with E-state index in [0.717, 1.165) is 12.8 Å². The molecule has 0 aliphatic rings. The number of ether oxygens (including phenoxy) is 2. The molecule has 1 heterocycles. The molecule has 0 bridgehead atoms. The molecule has 1 N–H and O–H groups in total. The summed E-state index contributed by atoms with van der Waals surface area (Å²) in [5, 5.41) is 17.4. The lowest BCUT2D eigenvalue weighted by Crippen LogP contribution is -2.13. The lowest BCUT2D eigenvalue weighted by Gasteiger charge is -2.14. The average Bonchev–Trinajstić information content (AvgIpc) is 3.13. The second kappa shape index (κ2) is 9.03. The molecule has 0 radical (unpaired) electrons. The minimum atomic E-state index is -0.550. The fourth-order valence-electron chi connectivity index (χ4n) is 2.04. The number of hydrogen-bond donors (Lipinski definition) is 1. The van der Waals surface area contributed by atoms with Crippen LogP contribution in [0.1, 0.15) is 37.0 Å². The van der Waals surface area contributed by atoms with Crippen LogP contribution < -0.4 is 14.8 Å². The second-order valence-electron chi connectivity index (χ2n) is 5.24. The summed E-state index contributed by atoms with van der Waals surface area (Å²) in [6, 6.07) is 4.39. The third-order valence-electron chi connectivity index (χ3n) is 3.21. The van der Waals surface area contributed by atoms with Crippen LogP contribution in [0.3, 0.4) is 0 Å². The van der Waals surface area contributed by atoms with Gasteiger partial charge in [-0.25, -0.2) is 0 Å². The third kappa shape index (κ3) is 4.93. The Bertz CT molecular complexity index is 731. The number of hydrogen-bond acceptors (Lipinski definition) is 6. The fourth-order valence-corrected chi connectivity index (χ4v) is 2.67. The number of nitrogens with one attached hydrogen (secondary N) is 1. The van der Waals surface area contributed by atoms with E-state index in [1.54, 1.807) is 16.8 Å². The van der Waals surface area contributed by atoms with Gasteiger partial charge >= 0.3 is 0 Å². The van der Waals surface area contributed by atoms with Gasteiger partial charge in [0.1, 0.15) is 5.69 Å². The summed E-state index contributed by atoms with van der Waals surface area (Å²) in [6.07, 6.45) is 1.54. The first-order valence-electron chi connectivity index (χ1n) is 7.98. The van der Waals surface area contributed by atoms with Crippen LogP contribution in [-0.2, 0) is 0 Å². The zero-order valence-corrected chi connectivity index (χ0v) is 14.9. The van der Waals surface area contributed by atoms with E-state index in [-0.39, 0.29) is 11.4 Å². The normalized spacial score (nSPS) is 10.3. The van der Waals surface area contributed by atoms with Crippen LogP contribution in [0.2, 0.25) is 0 Å². The van der Waals surface area contributed by atoms with E-state index in [1.807, 2.05) is 13.8 Å². The molecule has 25 heavy (non-hydrogen) atoms. The Morgan fingerprint density at radius 1 is 1.20 bits per heavy atom. The maximum absolute atomic E-state index is 12.2. The Balaban J connectivity index is 2.38. The topological polar surface area (TPSA) is 90.7 Å². The van der Waals surface area contributed by atoms with Crippen molar-refractivity contribution >= 4 is 28.6 Å². The predicted molar refractivity (Wildman–Crippen MR) is 96.9 cm³/mol. The highest BCUT2D eigenvalue weighted by molar-refractivity contribution is 7.08. The van der Waals surface area contributed by atoms with Crippen LogP contribution in [0.4, 0.5) is 11.4 Å². The van der Waals surface area contributed by atoms with Gasteiger partial charge in [0.2, 0.25) is 0 Å². The highest BCUT2D eigenvalue weighted by Crippen LogP contribution is 2.38. The smallest absolute Gasteiger partial charge is 0.296 e. The zero-order valence-electron chi connectivity index (χ0n) is 14.1. The molecule has 2 aromatic rings. The minimum absolute atomic E-state index is 0.0798. The highest BCUT2D eigenvalue weighted by Gasteiger charge is 2.22. The van der Waals surface area contributed by atoms with Crippen molar-refractivity contribution < 1.29 is 19.2 Å². The van der Waals surface area contributed by atoms with Crippen molar-refractivity contribution in [2.75, 3.05) is 18.5 Å². The number of carbonyl (C=O) groups is 1. The predicted octanol–water partition coefficient (Wildman–Crippen LogP) is 4.49. The van der Waals surface area contributed by atoms with E-state index in [1.165, 1.54) is 23.5 Å². The van der Waals surface area contributed by atoms with Crippen LogP contribution in [0.25, 0.3) is 0 Å². The molecule has 0 saturated heterocycles. The number of rotatable bonds is 9. The van der Waals surface area contributed by atoms with E-state index in [4.69, 9.17) is 9.47 Å². The molecule has 7 nitrogen and oxygen atoms in total. The van der Waals surface area contributed by atoms with Gasteiger partial charge < -0.3 is 14.8 Å². The standard InChI is InChI=1S/C17H20N2O5S/c1-3-6-23-15-9-13(18-17(20)12-5-8-25-11-12)14(19(21)22)10-16(15)24-7-4-2/h5,8-11H,3-4,6-7H2,1-2H3,(H,18,20). The van der Waals surface area contributed by atoms with Gasteiger partial charge in [-0.05, 0) is 24.3 Å². The summed E-state index contributed by atoms with van der Waals surface area (Å²) in [5.41, 5.74) is 0.288. The van der Waals surface area contributed by atoms with Crippen molar-refractivity contribution in [2.24, 2.45) is 0 Å². The molecule has 1 aromatic carbocycles. The van der Waals surface area contributed by atoms with Crippen molar-refractivity contribution in [3.63, 3.8) is 0 Å². The molecule has 0 unspecified atom stereocenters. The zero-order chi connectivity index (χ0) is 18.2. The quantitative estimate of drug-likeness (QED) is 0.523. The van der Waals surface area contributed by atoms with E-state index in [9.17, 15) is 14.9 Å². The van der Waals surface area contributed by atoms with Crippen LogP contribution in [-0.4, -0.2) is 24.0 Å². The minimum Gasteiger partial charge on any atom is -0.490 e. The summed E-state index contributed by atoms with van der Waals surface area (Å²) in [4.78, 5) is 23.1. The van der Waals surface area contributed by atoms with Crippen molar-refractivity contribution in [3.8, 4) is 11.5 Å². The monoisotopic (exact) mass is 364 g/mol. The Kier molecular flexibility index (Phi) is 6.76.